The van der Waals surface area contributed by atoms with Gasteiger partial charge in [-0.25, -0.2) is 9.78 Å². The molecule has 3 amide bonds. The van der Waals surface area contributed by atoms with Crippen molar-refractivity contribution in [1.29, 1.82) is 0 Å². The van der Waals surface area contributed by atoms with Crippen molar-refractivity contribution >= 4 is 17.5 Å². The third-order valence-electron chi connectivity index (χ3n) is 5.68. The van der Waals surface area contributed by atoms with E-state index in [1.54, 1.807) is 41.7 Å². The summed E-state index contributed by atoms with van der Waals surface area (Å²) < 4.78 is 40.7. The summed E-state index contributed by atoms with van der Waals surface area (Å²) in [7, 11) is 3.38. The monoisotopic (exact) mass is 459 g/mol. The first-order chi connectivity index (χ1) is 15.7. The number of hydrogen-bond donors (Lipinski definition) is 1. The molecule has 1 atom stereocenters. The summed E-state index contributed by atoms with van der Waals surface area (Å²) in [5.74, 6) is 0.0911. The second kappa shape index (κ2) is 8.76. The van der Waals surface area contributed by atoms with Gasteiger partial charge in [0.25, 0.3) is 5.91 Å². The zero-order chi connectivity index (χ0) is 23.8. The molecule has 1 aromatic carbocycles. The SMILES string of the molecule is CN(C)C(=O)N1CCC[C@@H]1c1nc(C(=O)NCc2cccc(C(F)(F)F)c2)c2ccccn12. The predicted octanol–water partition coefficient (Wildman–Crippen LogP) is 4.10. The Balaban J connectivity index is 1.60. The number of amides is 3. The molecule has 0 bridgehead atoms. The number of urea groups is 1. The van der Waals surface area contributed by atoms with E-state index in [0.717, 1.165) is 25.0 Å². The van der Waals surface area contributed by atoms with E-state index in [9.17, 15) is 22.8 Å². The van der Waals surface area contributed by atoms with Crippen LogP contribution in [0, 0.1) is 0 Å². The van der Waals surface area contributed by atoms with Gasteiger partial charge in [-0.05, 0) is 42.7 Å². The van der Waals surface area contributed by atoms with Gasteiger partial charge in [0, 0.05) is 33.4 Å². The number of benzene rings is 1. The van der Waals surface area contributed by atoms with Crippen LogP contribution >= 0.6 is 0 Å². The number of carbonyl (C=O) groups is 2. The molecule has 7 nitrogen and oxygen atoms in total. The Morgan fingerprint density at radius 1 is 1.18 bits per heavy atom. The fourth-order valence-corrected chi connectivity index (χ4v) is 4.11. The van der Waals surface area contributed by atoms with Crippen molar-refractivity contribution < 1.29 is 22.8 Å². The van der Waals surface area contributed by atoms with Crippen LogP contribution < -0.4 is 5.32 Å². The first-order valence-corrected chi connectivity index (χ1v) is 10.6. The van der Waals surface area contributed by atoms with Crippen molar-refractivity contribution in [3.8, 4) is 0 Å². The van der Waals surface area contributed by atoms with Gasteiger partial charge < -0.3 is 19.5 Å². The van der Waals surface area contributed by atoms with Crippen molar-refractivity contribution in [2.75, 3.05) is 20.6 Å². The minimum Gasteiger partial charge on any atom is -0.347 e. The number of rotatable bonds is 4. The molecule has 10 heteroatoms. The molecule has 1 aliphatic rings. The minimum atomic E-state index is -4.45. The van der Waals surface area contributed by atoms with Gasteiger partial charge in [0.2, 0.25) is 0 Å². The van der Waals surface area contributed by atoms with Crippen LogP contribution in [0.15, 0.2) is 48.7 Å². The summed E-state index contributed by atoms with van der Waals surface area (Å²) in [6, 6.07) is 9.78. The van der Waals surface area contributed by atoms with Gasteiger partial charge in [-0.2, -0.15) is 13.2 Å². The van der Waals surface area contributed by atoms with E-state index in [4.69, 9.17) is 0 Å². The molecule has 0 unspecified atom stereocenters. The van der Waals surface area contributed by atoms with E-state index >= 15 is 0 Å². The zero-order valence-corrected chi connectivity index (χ0v) is 18.3. The lowest BCUT2D eigenvalue weighted by molar-refractivity contribution is -0.137. The Labute approximate surface area is 188 Å². The number of aromatic nitrogens is 2. The number of fused-ring (bicyclic) bond motifs is 1. The lowest BCUT2D eigenvalue weighted by atomic mass is 10.1. The molecule has 0 aliphatic carbocycles. The zero-order valence-electron chi connectivity index (χ0n) is 18.3. The number of carbonyl (C=O) groups excluding carboxylic acids is 2. The van der Waals surface area contributed by atoms with Gasteiger partial charge >= 0.3 is 12.2 Å². The van der Waals surface area contributed by atoms with Gasteiger partial charge in [0.05, 0.1) is 17.1 Å². The molecular weight excluding hydrogens is 435 g/mol. The molecule has 0 spiro atoms. The number of pyridine rings is 1. The average Bonchev–Trinajstić information content (AvgIpc) is 3.41. The molecule has 4 rings (SSSR count). The van der Waals surface area contributed by atoms with Crippen LogP contribution in [0.25, 0.3) is 5.52 Å². The van der Waals surface area contributed by atoms with Gasteiger partial charge in [0.1, 0.15) is 5.82 Å². The van der Waals surface area contributed by atoms with E-state index in [2.05, 4.69) is 10.3 Å². The summed E-state index contributed by atoms with van der Waals surface area (Å²) in [4.78, 5) is 33.4. The van der Waals surface area contributed by atoms with Crippen LogP contribution in [-0.4, -0.2) is 51.8 Å². The van der Waals surface area contributed by atoms with Crippen molar-refractivity contribution in [2.24, 2.45) is 0 Å². The summed E-state index contributed by atoms with van der Waals surface area (Å²) in [5.41, 5.74) is 0.302. The molecule has 1 aliphatic heterocycles. The predicted molar refractivity (Wildman–Crippen MR) is 116 cm³/mol. The van der Waals surface area contributed by atoms with Crippen LogP contribution in [-0.2, 0) is 12.7 Å². The second-order valence-corrected chi connectivity index (χ2v) is 8.18. The third-order valence-corrected chi connectivity index (χ3v) is 5.68. The van der Waals surface area contributed by atoms with Crippen LogP contribution in [0.1, 0.15) is 46.3 Å². The third kappa shape index (κ3) is 4.50. The molecule has 3 heterocycles. The van der Waals surface area contributed by atoms with Crippen molar-refractivity contribution in [3.05, 3.63) is 71.3 Å². The van der Waals surface area contributed by atoms with E-state index < -0.39 is 17.6 Å². The van der Waals surface area contributed by atoms with Crippen LogP contribution in [0.5, 0.6) is 0 Å². The summed E-state index contributed by atoms with van der Waals surface area (Å²) >= 11 is 0. The molecule has 2 aromatic heterocycles. The Bertz CT molecular complexity index is 1190. The molecule has 33 heavy (non-hydrogen) atoms. The summed E-state index contributed by atoms with van der Waals surface area (Å²) in [6.45, 7) is 0.527. The Morgan fingerprint density at radius 2 is 1.97 bits per heavy atom. The molecule has 3 aromatic rings. The van der Waals surface area contributed by atoms with Crippen molar-refractivity contribution in [3.63, 3.8) is 0 Å². The highest BCUT2D eigenvalue weighted by Gasteiger charge is 2.35. The molecule has 1 saturated heterocycles. The van der Waals surface area contributed by atoms with Gasteiger partial charge in [-0.15, -0.1) is 0 Å². The number of halogens is 3. The number of likely N-dealkylation sites (tertiary alicyclic amines) is 1. The second-order valence-electron chi connectivity index (χ2n) is 8.18. The number of nitrogens with zero attached hydrogens (tertiary/aromatic N) is 4. The molecule has 1 fully saturated rings. The van der Waals surface area contributed by atoms with Gasteiger partial charge in [0.15, 0.2) is 5.69 Å². The van der Waals surface area contributed by atoms with E-state index in [1.807, 2.05) is 6.07 Å². The maximum Gasteiger partial charge on any atom is 0.416 e. The maximum atomic E-state index is 13.0. The first kappa shape index (κ1) is 22.6. The summed E-state index contributed by atoms with van der Waals surface area (Å²) in [6.07, 6.45) is -1.12. The molecular formula is C23H24F3N5O2. The average molecular weight is 459 g/mol. The maximum absolute atomic E-state index is 13.0. The lowest BCUT2D eigenvalue weighted by Crippen LogP contribution is -2.39. The molecule has 174 valence electrons. The van der Waals surface area contributed by atoms with E-state index in [1.165, 1.54) is 17.0 Å². The van der Waals surface area contributed by atoms with E-state index in [0.29, 0.717) is 23.4 Å². The molecule has 0 saturated carbocycles. The van der Waals surface area contributed by atoms with Crippen LogP contribution in [0.4, 0.5) is 18.0 Å². The highest BCUT2D eigenvalue weighted by Crippen LogP contribution is 2.33. The quantitative estimate of drug-likeness (QED) is 0.639. The summed E-state index contributed by atoms with van der Waals surface area (Å²) in [5, 5.41) is 2.67. The topological polar surface area (TPSA) is 70.0 Å². The van der Waals surface area contributed by atoms with Crippen LogP contribution in [0.3, 0.4) is 0 Å². The van der Waals surface area contributed by atoms with Gasteiger partial charge in [-0.1, -0.05) is 18.2 Å². The van der Waals surface area contributed by atoms with E-state index in [-0.39, 0.29) is 24.3 Å². The van der Waals surface area contributed by atoms with Gasteiger partial charge in [-0.3, -0.25) is 4.79 Å². The molecule has 0 radical (unpaired) electrons. The van der Waals surface area contributed by atoms with Crippen molar-refractivity contribution in [2.45, 2.75) is 31.6 Å². The Hall–Kier alpha value is -3.56. The first-order valence-electron chi connectivity index (χ1n) is 10.6. The highest BCUT2D eigenvalue weighted by molar-refractivity contribution is 5.99. The lowest BCUT2D eigenvalue weighted by Gasteiger charge is -2.27. The van der Waals surface area contributed by atoms with Crippen molar-refractivity contribution in [1.82, 2.24) is 24.5 Å². The number of alkyl halides is 3. The molecule has 1 N–H and O–H groups in total. The number of imidazole rings is 1. The smallest absolute Gasteiger partial charge is 0.347 e. The largest absolute Gasteiger partial charge is 0.416 e. The fourth-order valence-electron chi connectivity index (χ4n) is 4.11. The minimum absolute atomic E-state index is 0.0708. The highest BCUT2D eigenvalue weighted by atomic mass is 19.4. The fraction of sp³-hybridized carbons (Fsp3) is 0.348. The number of hydrogen-bond acceptors (Lipinski definition) is 3. The Morgan fingerprint density at radius 3 is 2.70 bits per heavy atom. The standard InChI is InChI=1S/C23H24F3N5O2/c1-29(2)22(33)31-12-6-10-18(31)20-28-19(17-9-3-4-11-30(17)20)21(32)27-14-15-7-5-8-16(13-15)23(24,25)26/h3-5,7-9,11,13,18H,6,10,12,14H2,1-2H3,(H,27,32)/t18-/m1/s1. The Kier molecular flexibility index (Phi) is 6.01. The normalized spacial score (nSPS) is 16.3. The number of nitrogens with one attached hydrogen (secondary N) is 1. The van der Waals surface area contributed by atoms with Crippen LogP contribution in [0.2, 0.25) is 0 Å².